The van der Waals surface area contributed by atoms with Crippen LogP contribution in [0.2, 0.25) is 0 Å². The molecule has 12 nitrogen and oxygen atoms in total. The molecule has 0 aliphatic carbocycles. The molecule has 0 saturated carbocycles. The molecule has 2 heterocycles. The maximum Gasteiger partial charge on any atom is 0.324 e. The van der Waals surface area contributed by atoms with Crippen LogP contribution < -0.4 is 10.7 Å². The average Bonchev–Trinajstić information content (AvgIpc) is 3.22. The standard InChI is InChI=1S/C27H34N4O8/c1-16(2)20(14-19(33)15-30-23(34)9-10-24(30)35)25(36)28-22(13-17-6-4-7-18(32)12-17)26(37)31-11-5-8-21(29-31)27(38)39-3/h4,6-7,9-10,12,16,20-22,29,32H,5,8,11,13-15H2,1-3H3,(H,28,36)/t20-,21?,22-/m0/s1. The molecule has 0 radical (unpaired) electrons. The van der Waals surface area contributed by atoms with Gasteiger partial charge in [0.25, 0.3) is 17.7 Å². The van der Waals surface area contributed by atoms with Gasteiger partial charge in [-0.25, -0.2) is 5.43 Å². The van der Waals surface area contributed by atoms with Crippen molar-refractivity contribution in [2.24, 2.45) is 11.8 Å². The van der Waals surface area contributed by atoms with Gasteiger partial charge in [-0.15, -0.1) is 0 Å². The van der Waals surface area contributed by atoms with Crippen LogP contribution in [0.25, 0.3) is 0 Å². The Hall–Kier alpha value is -4.06. The molecule has 0 bridgehead atoms. The number of benzene rings is 1. The zero-order valence-corrected chi connectivity index (χ0v) is 22.2. The SMILES string of the molecule is COC(=O)C1CCCN(C(=O)[C@H](Cc2cccc(O)c2)NC(=O)[C@@H](CC(=O)CN2C(=O)C=CC2=O)C(C)C)N1. The highest BCUT2D eigenvalue weighted by molar-refractivity contribution is 6.14. The van der Waals surface area contributed by atoms with E-state index in [1.165, 1.54) is 24.3 Å². The molecule has 1 saturated heterocycles. The van der Waals surface area contributed by atoms with E-state index in [2.05, 4.69) is 10.7 Å². The fourth-order valence-corrected chi connectivity index (χ4v) is 4.55. The number of phenolic OH excluding ortho intramolecular Hbond substituents is 1. The number of ketones is 1. The number of esters is 1. The zero-order valence-electron chi connectivity index (χ0n) is 22.2. The summed E-state index contributed by atoms with van der Waals surface area (Å²) in [5, 5.41) is 13.9. The van der Waals surface area contributed by atoms with E-state index < -0.39 is 59.9 Å². The number of carbonyl (C=O) groups excluding carboxylic acids is 6. The van der Waals surface area contributed by atoms with Gasteiger partial charge in [0.05, 0.1) is 13.7 Å². The van der Waals surface area contributed by atoms with Gasteiger partial charge in [-0.1, -0.05) is 26.0 Å². The van der Waals surface area contributed by atoms with E-state index >= 15 is 0 Å². The van der Waals surface area contributed by atoms with Crippen LogP contribution in [0.1, 0.15) is 38.7 Å². The molecular weight excluding hydrogens is 508 g/mol. The summed E-state index contributed by atoms with van der Waals surface area (Å²) in [5.74, 6) is -4.33. The van der Waals surface area contributed by atoms with Crippen molar-refractivity contribution < 1.29 is 38.6 Å². The van der Waals surface area contributed by atoms with E-state index in [1.807, 2.05) is 0 Å². The van der Waals surface area contributed by atoms with Crippen LogP contribution in [0.15, 0.2) is 36.4 Å². The lowest BCUT2D eigenvalue weighted by Gasteiger charge is -2.35. The number of hydrazine groups is 1. The predicted octanol–water partition coefficient (Wildman–Crippen LogP) is 0.245. The van der Waals surface area contributed by atoms with Crippen LogP contribution in [0, 0.1) is 11.8 Å². The number of aromatic hydroxyl groups is 1. The summed E-state index contributed by atoms with van der Waals surface area (Å²) in [6, 6.07) is 4.49. The Morgan fingerprint density at radius 3 is 2.46 bits per heavy atom. The number of amides is 4. The first-order valence-electron chi connectivity index (χ1n) is 12.8. The first-order valence-corrected chi connectivity index (χ1v) is 12.8. The minimum absolute atomic E-state index is 0.00183. The number of imide groups is 1. The summed E-state index contributed by atoms with van der Waals surface area (Å²) in [6.07, 6.45) is 2.99. The number of hydrogen-bond donors (Lipinski definition) is 3. The highest BCUT2D eigenvalue weighted by Gasteiger charge is 2.35. The number of ether oxygens (including phenoxy) is 1. The molecule has 2 aliphatic heterocycles. The second-order valence-electron chi connectivity index (χ2n) is 9.96. The summed E-state index contributed by atoms with van der Waals surface area (Å²) in [6.45, 7) is 3.37. The molecule has 12 heteroatoms. The van der Waals surface area contributed by atoms with E-state index in [0.29, 0.717) is 24.9 Å². The van der Waals surface area contributed by atoms with Gasteiger partial charge in [-0.2, -0.15) is 0 Å². The fourth-order valence-electron chi connectivity index (χ4n) is 4.55. The quantitative estimate of drug-likeness (QED) is 0.263. The molecule has 4 amide bonds. The number of Topliss-reactive ketones (excluding diaryl/α,β-unsaturated/α-hetero) is 1. The van der Waals surface area contributed by atoms with Crippen LogP contribution in [0.4, 0.5) is 0 Å². The maximum atomic E-state index is 13.6. The van der Waals surface area contributed by atoms with Gasteiger partial charge in [0.1, 0.15) is 17.8 Å². The first-order chi connectivity index (χ1) is 18.5. The second kappa shape index (κ2) is 13.1. The zero-order chi connectivity index (χ0) is 28.7. The van der Waals surface area contributed by atoms with Gasteiger partial charge in [-0.05, 0) is 36.5 Å². The summed E-state index contributed by atoms with van der Waals surface area (Å²) in [5.41, 5.74) is 3.46. The Labute approximate surface area is 226 Å². The number of phenols is 1. The Kier molecular flexibility index (Phi) is 9.94. The molecule has 39 heavy (non-hydrogen) atoms. The van der Waals surface area contributed by atoms with Crippen molar-refractivity contribution in [2.45, 2.75) is 51.6 Å². The van der Waals surface area contributed by atoms with Crippen LogP contribution >= 0.6 is 0 Å². The van der Waals surface area contributed by atoms with Crippen molar-refractivity contribution in [3.8, 4) is 5.75 Å². The summed E-state index contributed by atoms with van der Waals surface area (Å²) < 4.78 is 4.79. The molecule has 1 aromatic carbocycles. The number of nitrogens with zero attached hydrogens (tertiary/aromatic N) is 2. The average molecular weight is 543 g/mol. The van der Waals surface area contributed by atoms with Gasteiger partial charge in [-0.3, -0.25) is 38.7 Å². The molecule has 1 fully saturated rings. The molecule has 2 aliphatic rings. The lowest BCUT2D eigenvalue weighted by molar-refractivity contribution is -0.151. The Morgan fingerprint density at radius 2 is 1.85 bits per heavy atom. The van der Waals surface area contributed by atoms with Gasteiger partial charge in [0.15, 0.2) is 5.78 Å². The molecule has 1 aromatic rings. The van der Waals surface area contributed by atoms with Crippen LogP contribution in [-0.4, -0.2) is 82.7 Å². The largest absolute Gasteiger partial charge is 0.508 e. The van der Waals surface area contributed by atoms with E-state index in [-0.39, 0.29) is 24.5 Å². The van der Waals surface area contributed by atoms with Gasteiger partial charge < -0.3 is 15.2 Å². The monoisotopic (exact) mass is 542 g/mol. The number of rotatable bonds is 11. The number of nitrogens with one attached hydrogen (secondary N) is 2. The normalized spacial score (nSPS) is 18.7. The molecule has 3 atom stereocenters. The molecule has 0 aromatic heterocycles. The highest BCUT2D eigenvalue weighted by Crippen LogP contribution is 2.20. The molecule has 0 spiro atoms. The minimum atomic E-state index is -1.08. The lowest BCUT2D eigenvalue weighted by atomic mass is 9.89. The highest BCUT2D eigenvalue weighted by atomic mass is 16.5. The van der Waals surface area contributed by atoms with Crippen molar-refractivity contribution in [2.75, 3.05) is 20.2 Å². The van der Waals surface area contributed by atoms with Crippen LogP contribution in [-0.2, 0) is 39.9 Å². The first kappa shape index (κ1) is 29.5. The number of carbonyl (C=O) groups is 6. The smallest absolute Gasteiger partial charge is 0.324 e. The van der Waals surface area contributed by atoms with E-state index in [9.17, 15) is 33.9 Å². The Morgan fingerprint density at radius 1 is 1.15 bits per heavy atom. The minimum Gasteiger partial charge on any atom is -0.508 e. The topological polar surface area (TPSA) is 162 Å². The Bertz CT molecular complexity index is 1150. The fraction of sp³-hybridized carbons (Fsp3) is 0.481. The Balaban J connectivity index is 1.76. The molecular formula is C27H34N4O8. The summed E-state index contributed by atoms with van der Waals surface area (Å²) >= 11 is 0. The maximum absolute atomic E-state index is 13.6. The van der Waals surface area contributed by atoms with Crippen molar-refractivity contribution >= 4 is 35.4 Å². The molecule has 3 N–H and O–H groups in total. The van der Waals surface area contributed by atoms with Crippen molar-refractivity contribution in [1.29, 1.82) is 0 Å². The predicted molar refractivity (Wildman–Crippen MR) is 137 cm³/mol. The van der Waals surface area contributed by atoms with Crippen LogP contribution in [0.3, 0.4) is 0 Å². The van der Waals surface area contributed by atoms with Crippen molar-refractivity contribution in [3.63, 3.8) is 0 Å². The van der Waals surface area contributed by atoms with E-state index in [1.54, 1.807) is 26.0 Å². The van der Waals surface area contributed by atoms with Crippen LogP contribution in [0.5, 0.6) is 5.75 Å². The van der Waals surface area contributed by atoms with Gasteiger partial charge >= 0.3 is 5.97 Å². The third-order valence-corrected chi connectivity index (χ3v) is 6.73. The van der Waals surface area contributed by atoms with Crippen molar-refractivity contribution in [3.05, 3.63) is 42.0 Å². The third kappa shape index (κ3) is 7.73. The molecule has 3 rings (SSSR count). The third-order valence-electron chi connectivity index (χ3n) is 6.73. The second-order valence-corrected chi connectivity index (χ2v) is 9.96. The summed E-state index contributed by atoms with van der Waals surface area (Å²) in [7, 11) is 1.26. The summed E-state index contributed by atoms with van der Waals surface area (Å²) in [4.78, 5) is 76.2. The van der Waals surface area contributed by atoms with E-state index in [0.717, 1.165) is 17.1 Å². The van der Waals surface area contributed by atoms with Crippen molar-refractivity contribution in [1.82, 2.24) is 20.7 Å². The van der Waals surface area contributed by atoms with Gasteiger partial charge in [0.2, 0.25) is 5.91 Å². The molecule has 210 valence electrons. The molecule has 1 unspecified atom stereocenters. The number of methoxy groups -OCH3 is 1. The number of hydrogen-bond acceptors (Lipinski definition) is 9. The lowest BCUT2D eigenvalue weighted by Crippen LogP contribution is -2.60. The van der Waals surface area contributed by atoms with Gasteiger partial charge in [0, 0.05) is 37.5 Å². The van der Waals surface area contributed by atoms with E-state index in [4.69, 9.17) is 4.74 Å².